The first kappa shape index (κ1) is 31.8. The van der Waals surface area contributed by atoms with E-state index in [4.69, 9.17) is 26.1 Å². The maximum Gasteiger partial charge on any atom is 0.410 e. The maximum absolute atomic E-state index is 16.8. The van der Waals surface area contributed by atoms with Crippen molar-refractivity contribution >= 4 is 45.2 Å². The molecule has 47 heavy (non-hydrogen) atoms. The first-order valence-electron chi connectivity index (χ1n) is 16.7. The van der Waals surface area contributed by atoms with E-state index in [9.17, 15) is 4.79 Å². The van der Waals surface area contributed by atoms with Crippen LogP contribution in [0.2, 0.25) is 5.02 Å². The summed E-state index contributed by atoms with van der Waals surface area (Å²) in [6.45, 7) is 12.5. The first-order valence-corrected chi connectivity index (χ1v) is 17.0. The molecule has 0 radical (unpaired) electrons. The summed E-state index contributed by atoms with van der Waals surface area (Å²) < 4.78 is 28.8. The highest BCUT2D eigenvalue weighted by Crippen LogP contribution is 2.39. The minimum atomic E-state index is -0.581. The molecule has 2 aromatic carbocycles. The third kappa shape index (κ3) is 6.06. The molecule has 0 N–H and O–H groups in total. The molecule has 4 aromatic rings. The van der Waals surface area contributed by atoms with Crippen molar-refractivity contribution in [1.82, 2.24) is 24.8 Å². The van der Waals surface area contributed by atoms with Crippen LogP contribution in [0.4, 0.5) is 15.0 Å². The molecule has 7 rings (SSSR count). The van der Waals surface area contributed by atoms with Gasteiger partial charge in [0.2, 0.25) is 0 Å². The minimum Gasteiger partial charge on any atom is -0.462 e. The van der Waals surface area contributed by atoms with Crippen LogP contribution in [0.5, 0.6) is 6.01 Å². The summed E-state index contributed by atoms with van der Waals surface area (Å²) in [5.41, 5.74) is 0.330. The Labute approximate surface area is 280 Å². The Balaban J connectivity index is 1.29. The summed E-state index contributed by atoms with van der Waals surface area (Å²) in [6.07, 6.45) is 5.22. The number of nitrogens with zero attached hydrogens (tertiary/aromatic N) is 6. The lowest BCUT2D eigenvalue weighted by molar-refractivity contribution is 0.0122. The summed E-state index contributed by atoms with van der Waals surface area (Å²) >= 11 is 6.63. The predicted octanol–water partition coefficient (Wildman–Crippen LogP) is 7.48. The van der Waals surface area contributed by atoms with E-state index in [2.05, 4.69) is 33.6 Å². The van der Waals surface area contributed by atoms with Crippen molar-refractivity contribution < 1.29 is 18.7 Å². The van der Waals surface area contributed by atoms with E-state index >= 15 is 4.39 Å². The van der Waals surface area contributed by atoms with Crippen LogP contribution < -0.4 is 9.64 Å². The van der Waals surface area contributed by atoms with Crippen molar-refractivity contribution in [1.29, 1.82) is 0 Å². The molecule has 1 amide bonds. The number of hydrogen-bond donors (Lipinski definition) is 0. The van der Waals surface area contributed by atoms with E-state index in [1.807, 2.05) is 56.0 Å². The molecule has 9 nitrogen and oxygen atoms in total. The van der Waals surface area contributed by atoms with Gasteiger partial charge in [0.15, 0.2) is 5.82 Å². The predicted molar refractivity (Wildman–Crippen MR) is 183 cm³/mol. The van der Waals surface area contributed by atoms with Crippen LogP contribution in [0.25, 0.3) is 32.9 Å². The molecule has 0 spiro atoms. The second-order valence-electron chi connectivity index (χ2n) is 14.3. The number of benzene rings is 2. The van der Waals surface area contributed by atoms with E-state index in [0.29, 0.717) is 47.5 Å². The molecule has 0 saturated carbocycles. The van der Waals surface area contributed by atoms with Crippen molar-refractivity contribution in [3.05, 3.63) is 53.4 Å². The molecule has 3 fully saturated rings. The number of anilines is 1. The molecule has 11 heteroatoms. The number of halogens is 2. The number of carbonyl (C=O) groups is 1. The zero-order valence-corrected chi connectivity index (χ0v) is 28.4. The standard InChI is InChI=1S/C36H42ClFN6O3/c1-21(2)43-16-8-11-25(43)20-46-34-40-32-27(17-39-31(30(32)38)26-12-6-9-22-10-7-13-28(37)29(22)26)33(41-34)42-18-23-14-15-24(19-42)44(23)35(45)47-36(3,4)5/h6-7,9-10,12-13,17,21,23-25H,8,11,14-16,18-20H2,1-5H3/t23?,24?,25-/m0/s1. The summed E-state index contributed by atoms with van der Waals surface area (Å²) in [7, 11) is 0. The number of pyridine rings is 1. The quantitative estimate of drug-likeness (QED) is 0.211. The van der Waals surface area contributed by atoms with Gasteiger partial charge in [-0.25, -0.2) is 9.18 Å². The van der Waals surface area contributed by atoms with Crippen LogP contribution in [0, 0.1) is 5.82 Å². The van der Waals surface area contributed by atoms with Gasteiger partial charge in [-0.1, -0.05) is 41.9 Å². The smallest absolute Gasteiger partial charge is 0.410 e. The molecule has 5 heterocycles. The Bertz CT molecular complexity index is 1810. The van der Waals surface area contributed by atoms with E-state index < -0.39 is 11.4 Å². The number of likely N-dealkylation sites (tertiary alicyclic amines) is 1. The van der Waals surface area contributed by atoms with Gasteiger partial charge in [0.1, 0.15) is 29.2 Å². The third-order valence-electron chi connectivity index (χ3n) is 9.63. The van der Waals surface area contributed by atoms with Gasteiger partial charge in [0, 0.05) is 47.3 Å². The number of ether oxygens (including phenoxy) is 2. The van der Waals surface area contributed by atoms with E-state index in [1.54, 1.807) is 12.3 Å². The monoisotopic (exact) mass is 660 g/mol. The lowest BCUT2D eigenvalue weighted by Gasteiger charge is -2.42. The normalized spacial score (nSPS) is 21.7. The van der Waals surface area contributed by atoms with Crippen LogP contribution in [-0.2, 0) is 4.74 Å². The number of hydrogen-bond acceptors (Lipinski definition) is 8. The number of aromatic nitrogens is 3. The summed E-state index contributed by atoms with van der Waals surface area (Å²) in [5, 5.41) is 2.66. The van der Waals surface area contributed by atoms with Gasteiger partial charge in [-0.3, -0.25) is 14.8 Å². The average Bonchev–Trinajstić information content (AvgIpc) is 3.61. The summed E-state index contributed by atoms with van der Waals surface area (Å²) in [4.78, 5) is 33.8. The number of fused-ring (bicyclic) bond motifs is 4. The third-order valence-corrected chi connectivity index (χ3v) is 9.94. The highest BCUT2D eigenvalue weighted by Gasteiger charge is 2.45. The van der Waals surface area contributed by atoms with Crippen LogP contribution >= 0.6 is 11.6 Å². The molecule has 2 bridgehead atoms. The molecular formula is C36H42ClFN6O3. The van der Waals surface area contributed by atoms with Gasteiger partial charge in [-0.05, 0) is 78.3 Å². The van der Waals surface area contributed by atoms with Crippen LogP contribution in [0.15, 0.2) is 42.6 Å². The summed E-state index contributed by atoms with van der Waals surface area (Å²) in [6, 6.07) is 12.0. The molecule has 248 valence electrons. The maximum atomic E-state index is 16.8. The largest absolute Gasteiger partial charge is 0.462 e. The van der Waals surface area contributed by atoms with Crippen LogP contribution in [-0.4, -0.2) is 86.9 Å². The summed E-state index contributed by atoms with van der Waals surface area (Å²) in [5.74, 6) is 0.00948. The van der Waals surface area contributed by atoms with Gasteiger partial charge in [-0.15, -0.1) is 0 Å². The van der Waals surface area contributed by atoms with Gasteiger partial charge >= 0.3 is 12.1 Å². The lowest BCUT2D eigenvalue weighted by atomic mass is 10.0. The Morgan fingerprint density at radius 1 is 1.06 bits per heavy atom. The van der Waals surface area contributed by atoms with Gasteiger partial charge in [0.05, 0.1) is 17.5 Å². The number of piperazine rings is 1. The van der Waals surface area contributed by atoms with E-state index in [0.717, 1.165) is 43.0 Å². The van der Waals surface area contributed by atoms with E-state index in [-0.39, 0.29) is 41.4 Å². The van der Waals surface area contributed by atoms with Crippen molar-refractivity contribution in [3.8, 4) is 17.3 Å². The molecule has 3 aliphatic heterocycles. The average molecular weight is 661 g/mol. The fourth-order valence-corrected chi connectivity index (χ4v) is 7.87. The minimum absolute atomic E-state index is 0.0500. The SMILES string of the molecule is CC(C)N1CCC[C@H]1COc1nc(N2CC3CCC(C2)N3C(=O)OC(C)(C)C)c2cnc(-c3cccc4cccc(Cl)c34)c(F)c2n1. The molecule has 0 aliphatic carbocycles. The molecule has 2 unspecified atom stereocenters. The molecule has 3 aliphatic rings. The Morgan fingerprint density at radius 2 is 1.79 bits per heavy atom. The van der Waals surface area contributed by atoms with Crippen molar-refractivity contribution in [3.63, 3.8) is 0 Å². The lowest BCUT2D eigenvalue weighted by Crippen LogP contribution is -2.57. The second-order valence-corrected chi connectivity index (χ2v) is 14.7. The topological polar surface area (TPSA) is 83.9 Å². The van der Waals surface area contributed by atoms with Crippen molar-refractivity contribution in [2.75, 3.05) is 31.1 Å². The number of carbonyl (C=O) groups excluding carboxylic acids is 1. The Morgan fingerprint density at radius 3 is 2.49 bits per heavy atom. The van der Waals surface area contributed by atoms with Gasteiger partial charge < -0.3 is 14.4 Å². The fraction of sp³-hybridized carbons (Fsp3) is 0.500. The number of rotatable bonds is 6. The van der Waals surface area contributed by atoms with Gasteiger partial charge in [-0.2, -0.15) is 9.97 Å². The Kier molecular flexibility index (Phi) is 8.37. The van der Waals surface area contributed by atoms with Crippen LogP contribution in [0.3, 0.4) is 0 Å². The second kappa shape index (κ2) is 12.4. The highest BCUT2D eigenvalue weighted by molar-refractivity contribution is 6.36. The zero-order valence-electron chi connectivity index (χ0n) is 27.7. The van der Waals surface area contributed by atoms with Crippen molar-refractivity contribution in [2.45, 2.75) is 90.1 Å². The number of amides is 1. The molecule has 3 saturated heterocycles. The Hall–Kier alpha value is -3.76. The molecular weight excluding hydrogens is 619 g/mol. The fourth-order valence-electron chi connectivity index (χ4n) is 7.58. The van der Waals surface area contributed by atoms with E-state index in [1.165, 1.54) is 0 Å². The zero-order chi connectivity index (χ0) is 33.0. The highest BCUT2D eigenvalue weighted by atomic mass is 35.5. The first-order chi connectivity index (χ1) is 22.5. The van der Waals surface area contributed by atoms with Crippen LogP contribution in [0.1, 0.15) is 60.3 Å². The van der Waals surface area contributed by atoms with Gasteiger partial charge in [0.25, 0.3) is 0 Å². The van der Waals surface area contributed by atoms with Crippen molar-refractivity contribution in [2.24, 2.45) is 0 Å². The molecule has 3 atom stereocenters. The molecule has 2 aromatic heterocycles.